The summed E-state index contributed by atoms with van der Waals surface area (Å²) in [5.41, 5.74) is 6.71. The summed E-state index contributed by atoms with van der Waals surface area (Å²) in [5.74, 6) is 2.60. The van der Waals surface area contributed by atoms with Gasteiger partial charge in [-0.25, -0.2) is 0 Å². The first-order valence-electron chi connectivity index (χ1n) is 13.1. The van der Waals surface area contributed by atoms with Crippen LogP contribution in [0.15, 0.2) is 47.1 Å². The number of carbonyl (C=O) groups is 2. The van der Waals surface area contributed by atoms with Crippen molar-refractivity contribution < 1.29 is 14.3 Å². The molecule has 0 N–H and O–H groups in total. The summed E-state index contributed by atoms with van der Waals surface area (Å²) in [6.07, 6.45) is 10.4. The quantitative estimate of drug-likeness (QED) is 0.484. The molecule has 1 aliphatic heterocycles. The summed E-state index contributed by atoms with van der Waals surface area (Å²) in [4.78, 5) is 24.1. The van der Waals surface area contributed by atoms with E-state index < -0.39 is 0 Å². The lowest BCUT2D eigenvalue weighted by Gasteiger charge is -2.56. The molecule has 0 aromatic heterocycles. The standard InChI is InChI=1S/C30H36O3/c1-18-13-15-33-30(18)14-12-27-25-10-8-22-16-23(32)9-11-24(22)28(25)26(17-29(27,30)3)21-6-4-20(5-7-21)19(2)31/h4-7,16,18,25-27H,8-15,17H2,1-3H3/t18?,25?,26-,27?,29+,30-/m1/s1. The summed E-state index contributed by atoms with van der Waals surface area (Å²) in [6, 6.07) is 8.41. The largest absolute Gasteiger partial charge is 0.374 e. The fraction of sp³-hybridized carbons (Fsp3) is 0.600. The normalized spacial score (nSPS) is 39.8. The SMILES string of the molecule is CC(=O)c1ccc([C@H]2C[C@@]3(C)C(CC[C@]34OCCC4C)C3CCC4=CC(=O)CCC4=C32)cc1. The van der Waals surface area contributed by atoms with E-state index in [0.29, 0.717) is 35.9 Å². The van der Waals surface area contributed by atoms with E-state index in [0.717, 1.165) is 37.9 Å². The first kappa shape index (κ1) is 21.5. The predicted molar refractivity (Wildman–Crippen MR) is 129 cm³/mol. The highest BCUT2D eigenvalue weighted by Gasteiger charge is 2.66. The van der Waals surface area contributed by atoms with Gasteiger partial charge in [0, 0.05) is 29.9 Å². The van der Waals surface area contributed by atoms with Crippen molar-refractivity contribution in [1.82, 2.24) is 0 Å². The Morgan fingerprint density at radius 1 is 1.06 bits per heavy atom. The van der Waals surface area contributed by atoms with Crippen LogP contribution in [-0.4, -0.2) is 23.8 Å². The van der Waals surface area contributed by atoms with Crippen LogP contribution >= 0.6 is 0 Å². The van der Waals surface area contributed by atoms with E-state index in [4.69, 9.17) is 4.74 Å². The number of hydrogen-bond donors (Lipinski definition) is 0. The second-order valence-corrected chi connectivity index (χ2v) is 11.6. The van der Waals surface area contributed by atoms with Crippen LogP contribution in [0.5, 0.6) is 0 Å². The van der Waals surface area contributed by atoms with Crippen molar-refractivity contribution in [2.75, 3.05) is 6.61 Å². The summed E-state index contributed by atoms with van der Waals surface area (Å²) < 4.78 is 6.70. The van der Waals surface area contributed by atoms with Gasteiger partial charge in [0.2, 0.25) is 0 Å². The van der Waals surface area contributed by atoms with Gasteiger partial charge in [-0.2, -0.15) is 0 Å². The van der Waals surface area contributed by atoms with Crippen molar-refractivity contribution in [2.24, 2.45) is 23.2 Å². The molecule has 3 unspecified atom stereocenters. The maximum atomic E-state index is 12.2. The van der Waals surface area contributed by atoms with Crippen molar-refractivity contribution in [3.63, 3.8) is 0 Å². The number of ether oxygens (including phenoxy) is 1. The van der Waals surface area contributed by atoms with Crippen molar-refractivity contribution >= 4 is 11.6 Å². The number of fused-ring (bicyclic) bond motifs is 5. The highest BCUT2D eigenvalue weighted by atomic mass is 16.5. The average Bonchev–Trinajstić information content (AvgIpc) is 3.33. The Bertz CT molecular complexity index is 1080. The molecular weight excluding hydrogens is 408 g/mol. The first-order valence-corrected chi connectivity index (χ1v) is 13.1. The lowest BCUT2D eigenvalue weighted by atomic mass is 9.50. The number of benzene rings is 1. The van der Waals surface area contributed by atoms with Crippen LogP contribution < -0.4 is 0 Å². The van der Waals surface area contributed by atoms with Crippen LogP contribution in [0.2, 0.25) is 0 Å². The molecular formula is C30H36O3. The Morgan fingerprint density at radius 3 is 2.55 bits per heavy atom. The molecule has 4 aliphatic carbocycles. The Morgan fingerprint density at radius 2 is 1.85 bits per heavy atom. The Labute approximate surface area is 197 Å². The molecule has 3 fully saturated rings. The zero-order valence-electron chi connectivity index (χ0n) is 20.3. The molecule has 1 spiro atoms. The van der Waals surface area contributed by atoms with Gasteiger partial charge in [0.05, 0.1) is 5.60 Å². The van der Waals surface area contributed by atoms with Crippen molar-refractivity contribution in [1.29, 1.82) is 0 Å². The molecule has 3 nitrogen and oxygen atoms in total. The Balaban J connectivity index is 1.51. The van der Waals surface area contributed by atoms with Gasteiger partial charge in [0.15, 0.2) is 11.6 Å². The number of carbonyl (C=O) groups excluding carboxylic acids is 2. The minimum Gasteiger partial charge on any atom is -0.374 e. The first-order chi connectivity index (χ1) is 15.8. The zero-order chi connectivity index (χ0) is 23.0. The number of allylic oxidation sites excluding steroid dienone is 4. The smallest absolute Gasteiger partial charge is 0.159 e. The summed E-state index contributed by atoms with van der Waals surface area (Å²) in [7, 11) is 0. The molecule has 0 bridgehead atoms. The molecule has 0 amide bonds. The second kappa shape index (κ2) is 7.50. The third kappa shape index (κ3) is 2.97. The molecule has 0 radical (unpaired) electrons. The topological polar surface area (TPSA) is 43.4 Å². The summed E-state index contributed by atoms with van der Waals surface area (Å²) >= 11 is 0. The molecule has 1 aromatic carbocycles. The molecule has 5 aliphatic rings. The van der Waals surface area contributed by atoms with Gasteiger partial charge < -0.3 is 4.74 Å². The number of ketones is 2. The lowest BCUT2D eigenvalue weighted by molar-refractivity contribution is -0.124. The maximum Gasteiger partial charge on any atom is 0.159 e. The monoisotopic (exact) mass is 444 g/mol. The van der Waals surface area contributed by atoms with E-state index in [1.165, 1.54) is 36.0 Å². The van der Waals surface area contributed by atoms with Crippen LogP contribution in [0.1, 0.15) is 94.0 Å². The maximum absolute atomic E-state index is 12.2. The molecule has 1 heterocycles. The molecule has 2 saturated carbocycles. The minimum absolute atomic E-state index is 0.00405. The van der Waals surface area contributed by atoms with E-state index in [-0.39, 0.29) is 16.8 Å². The van der Waals surface area contributed by atoms with Gasteiger partial charge >= 0.3 is 0 Å². The molecule has 33 heavy (non-hydrogen) atoms. The Kier molecular flexibility index (Phi) is 4.89. The third-order valence-electron chi connectivity index (χ3n) is 10.3. The summed E-state index contributed by atoms with van der Waals surface area (Å²) in [5, 5.41) is 0. The Hall–Kier alpha value is -2.00. The fourth-order valence-electron chi connectivity index (χ4n) is 8.77. The van der Waals surface area contributed by atoms with E-state index in [1.807, 2.05) is 18.2 Å². The van der Waals surface area contributed by atoms with Gasteiger partial charge in [0.25, 0.3) is 0 Å². The van der Waals surface area contributed by atoms with Crippen molar-refractivity contribution in [2.45, 2.75) is 83.7 Å². The number of rotatable bonds is 2. The highest BCUT2D eigenvalue weighted by molar-refractivity contribution is 5.94. The van der Waals surface area contributed by atoms with Crippen molar-refractivity contribution in [3.8, 4) is 0 Å². The number of Topliss-reactive ketones (excluding diaryl/α,β-unsaturated/α-hetero) is 1. The molecule has 6 atom stereocenters. The molecule has 174 valence electrons. The molecule has 6 rings (SSSR count). The van der Waals surface area contributed by atoms with Crippen LogP contribution in [0, 0.1) is 23.2 Å². The molecule has 1 aromatic rings. The molecule has 1 saturated heterocycles. The lowest BCUT2D eigenvalue weighted by Crippen LogP contribution is -2.53. The average molecular weight is 445 g/mol. The number of hydrogen-bond acceptors (Lipinski definition) is 3. The van der Waals surface area contributed by atoms with Gasteiger partial charge in [-0.1, -0.05) is 43.7 Å². The van der Waals surface area contributed by atoms with Crippen LogP contribution in [-0.2, 0) is 9.53 Å². The van der Waals surface area contributed by atoms with Gasteiger partial charge in [-0.05, 0) is 92.4 Å². The summed E-state index contributed by atoms with van der Waals surface area (Å²) in [6.45, 7) is 7.50. The predicted octanol–water partition coefficient (Wildman–Crippen LogP) is 6.58. The fourth-order valence-corrected chi connectivity index (χ4v) is 8.77. The van der Waals surface area contributed by atoms with E-state index in [9.17, 15) is 9.59 Å². The van der Waals surface area contributed by atoms with Gasteiger partial charge in [0.1, 0.15) is 0 Å². The second-order valence-electron chi connectivity index (χ2n) is 11.6. The van der Waals surface area contributed by atoms with Gasteiger partial charge in [-0.15, -0.1) is 0 Å². The van der Waals surface area contributed by atoms with Gasteiger partial charge in [-0.3, -0.25) is 9.59 Å². The minimum atomic E-state index is 0.00405. The van der Waals surface area contributed by atoms with Crippen molar-refractivity contribution in [3.05, 3.63) is 58.2 Å². The van der Waals surface area contributed by atoms with Crippen LogP contribution in [0.4, 0.5) is 0 Å². The van der Waals surface area contributed by atoms with E-state index in [1.54, 1.807) is 12.5 Å². The zero-order valence-corrected chi connectivity index (χ0v) is 20.3. The van der Waals surface area contributed by atoms with E-state index >= 15 is 0 Å². The highest BCUT2D eigenvalue weighted by Crippen LogP contribution is 2.70. The van der Waals surface area contributed by atoms with Crippen LogP contribution in [0.25, 0.3) is 0 Å². The van der Waals surface area contributed by atoms with Crippen LogP contribution in [0.3, 0.4) is 0 Å². The third-order valence-corrected chi connectivity index (χ3v) is 10.3. The molecule has 3 heteroatoms. The van der Waals surface area contributed by atoms with E-state index in [2.05, 4.69) is 26.0 Å².